The highest BCUT2D eigenvalue weighted by Crippen LogP contribution is 2.19. The van der Waals surface area contributed by atoms with Crippen LogP contribution in [0.1, 0.15) is 16.1 Å². The number of ether oxygens (including phenoxy) is 2. The van der Waals surface area contributed by atoms with Crippen molar-refractivity contribution in [2.75, 3.05) is 20.8 Å². The minimum Gasteiger partial charge on any atom is -0.494 e. The maximum Gasteiger partial charge on any atom is 0.359 e. The lowest BCUT2D eigenvalue weighted by atomic mass is 10.2. The number of hydrogen-bond donors (Lipinski definition) is 1. The van der Waals surface area contributed by atoms with Crippen molar-refractivity contribution >= 4 is 22.8 Å². The Balaban J connectivity index is 1.58. The summed E-state index contributed by atoms with van der Waals surface area (Å²) in [6, 6.07) is 11.6. The van der Waals surface area contributed by atoms with E-state index in [4.69, 9.17) is 9.47 Å². The number of likely N-dealkylation sites (N-methyl/N-ethyl adjacent to an activating group) is 1. The molecule has 1 aromatic heterocycles. The van der Waals surface area contributed by atoms with Crippen LogP contribution in [-0.2, 0) is 16.1 Å². The molecule has 0 fully saturated rings. The Morgan fingerprint density at radius 2 is 2.00 bits per heavy atom. The predicted molar refractivity (Wildman–Crippen MR) is 95.8 cm³/mol. The third-order valence-electron chi connectivity index (χ3n) is 4.05. The Kier molecular flexibility index (Phi) is 5.35. The number of para-hydroxylation sites is 1. The lowest BCUT2D eigenvalue weighted by Crippen LogP contribution is -2.31. The van der Waals surface area contributed by atoms with Gasteiger partial charge in [-0.05, 0) is 23.8 Å². The summed E-state index contributed by atoms with van der Waals surface area (Å²) in [6.07, 6.45) is 0. The number of nitrogens with one attached hydrogen (secondary N) is 1. The van der Waals surface area contributed by atoms with Gasteiger partial charge in [-0.3, -0.25) is 9.89 Å². The summed E-state index contributed by atoms with van der Waals surface area (Å²) in [4.78, 5) is 25.7. The van der Waals surface area contributed by atoms with Crippen LogP contribution in [0.4, 0.5) is 4.39 Å². The topological polar surface area (TPSA) is 84.5 Å². The molecule has 140 valence electrons. The molecule has 0 unspecified atom stereocenters. The number of rotatable bonds is 6. The standard InChI is InChI=1S/C19H18FN3O4/c1-23(10-12-7-8-16(26-2)14(20)9-12)17(24)11-27-19(25)18-13-5-3-4-6-15(13)21-22-18/h3-9H,10-11H2,1-2H3,(H,21,22). The number of aromatic amines is 1. The van der Waals surface area contributed by atoms with Crippen molar-refractivity contribution in [1.82, 2.24) is 15.1 Å². The van der Waals surface area contributed by atoms with Gasteiger partial charge in [0.25, 0.3) is 5.91 Å². The summed E-state index contributed by atoms with van der Waals surface area (Å²) < 4.78 is 23.7. The van der Waals surface area contributed by atoms with E-state index < -0.39 is 24.3 Å². The van der Waals surface area contributed by atoms with Gasteiger partial charge in [0.15, 0.2) is 23.9 Å². The summed E-state index contributed by atoms with van der Waals surface area (Å²) in [6.45, 7) is -0.266. The quantitative estimate of drug-likeness (QED) is 0.673. The van der Waals surface area contributed by atoms with E-state index in [1.165, 1.54) is 24.1 Å². The fourth-order valence-corrected chi connectivity index (χ4v) is 2.60. The minimum atomic E-state index is -0.690. The van der Waals surface area contributed by atoms with E-state index in [1.54, 1.807) is 31.3 Å². The zero-order valence-corrected chi connectivity index (χ0v) is 14.9. The first-order valence-corrected chi connectivity index (χ1v) is 8.16. The van der Waals surface area contributed by atoms with Gasteiger partial charge in [0.1, 0.15) is 0 Å². The van der Waals surface area contributed by atoms with Crippen molar-refractivity contribution in [1.29, 1.82) is 0 Å². The molecule has 0 atom stereocenters. The van der Waals surface area contributed by atoms with Gasteiger partial charge >= 0.3 is 5.97 Å². The smallest absolute Gasteiger partial charge is 0.359 e. The molecule has 0 spiro atoms. The largest absolute Gasteiger partial charge is 0.494 e. The highest BCUT2D eigenvalue weighted by Gasteiger charge is 2.18. The van der Waals surface area contributed by atoms with Crippen LogP contribution in [0, 0.1) is 5.82 Å². The van der Waals surface area contributed by atoms with E-state index in [1.807, 2.05) is 6.07 Å². The average Bonchev–Trinajstić information content (AvgIpc) is 3.10. The molecule has 0 aliphatic carbocycles. The minimum absolute atomic E-state index is 0.123. The normalized spacial score (nSPS) is 10.6. The van der Waals surface area contributed by atoms with Crippen LogP contribution >= 0.6 is 0 Å². The number of carbonyl (C=O) groups excluding carboxylic acids is 2. The van der Waals surface area contributed by atoms with Gasteiger partial charge in [-0.25, -0.2) is 9.18 Å². The van der Waals surface area contributed by atoms with Crippen molar-refractivity contribution < 1.29 is 23.5 Å². The number of nitrogens with zero attached hydrogens (tertiary/aromatic N) is 2. The van der Waals surface area contributed by atoms with Gasteiger partial charge < -0.3 is 14.4 Å². The zero-order valence-electron chi connectivity index (χ0n) is 14.9. The first kappa shape index (κ1) is 18.4. The Morgan fingerprint density at radius 3 is 2.74 bits per heavy atom. The number of H-pyrrole nitrogens is 1. The molecule has 3 rings (SSSR count). The SMILES string of the molecule is COc1ccc(CN(C)C(=O)COC(=O)c2n[nH]c3ccccc23)cc1F. The van der Waals surface area contributed by atoms with Gasteiger partial charge in [0.05, 0.1) is 12.6 Å². The monoisotopic (exact) mass is 371 g/mol. The maximum atomic E-state index is 13.7. The molecule has 2 aromatic carbocycles. The number of hydrogen-bond acceptors (Lipinski definition) is 5. The number of halogens is 1. The second-order valence-electron chi connectivity index (χ2n) is 5.91. The number of esters is 1. The van der Waals surface area contributed by atoms with Crippen LogP contribution in [0.5, 0.6) is 5.75 Å². The summed E-state index contributed by atoms with van der Waals surface area (Å²) in [5.74, 6) is -1.48. The molecule has 1 amide bonds. The van der Waals surface area contributed by atoms with Crippen LogP contribution in [-0.4, -0.2) is 47.7 Å². The fourth-order valence-electron chi connectivity index (χ4n) is 2.60. The average molecular weight is 371 g/mol. The van der Waals surface area contributed by atoms with Crippen molar-refractivity contribution in [3.8, 4) is 5.75 Å². The third-order valence-corrected chi connectivity index (χ3v) is 4.05. The highest BCUT2D eigenvalue weighted by molar-refractivity contribution is 6.02. The lowest BCUT2D eigenvalue weighted by Gasteiger charge is -2.17. The van der Waals surface area contributed by atoms with E-state index >= 15 is 0 Å². The van der Waals surface area contributed by atoms with Crippen molar-refractivity contribution in [3.05, 3.63) is 59.5 Å². The number of aromatic nitrogens is 2. The Bertz CT molecular complexity index is 986. The van der Waals surface area contributed by atoms with Crippen molar-refractivity contribution in [2.45, 2.75) is 6.54 Å². The van der Waals surface area contributed by atoms with E-state index in [2.05, 4.69) is 10.2 Å². The van der Waals surface area contributed by atoms with Crippen molar-refractivity contribution in [3.63, 3.8) is 0 Å². The number of methoxy groups -OCH3 is 1. The van der Waals surface area contributed by atoms with Gasteiger partial charge in [0.2, 0.25) is 0 Å². The number of benzene rings is 2. The summed E-state index contributed by atoms with van der Waals surface area (Å²) in [5.41, 5.74) is 1.42. The summed E-state index contributed by atoms with van der Waals surface area (Å²) in [7, 11) is 2.92. The first-order chi connectivity index (χ1) is 13.0. The molecule has 0 radical (unpaired) electrons. The molecule has 1 heterocycles. The van der Waals surface area contributed by atoms with Crippen LogP contribution in [0.15, 0.2) is 42.5 Å². The number of amides is 1. The molecular formula is C19H18FN3O4. The second-order valence-corrected chi connectivity index (χ2v) is 5.91. The zero-order chi connectivity index (χ0) is 19.4. The Labute approximate surface area is 154 Å². The van der Waals surface area contributed by atoms with Gasteiger partial charge in [-0.15, -0.1) is 0 Å². The first-order valence-electron chi connectivity index (χ1n) is 8.16. The maximum absolute atomic E-state index is 13.7. The molecule has 3 aromatic rings. The molecule has 0 bridgehead atoms. The van der Waals surface area contributed by atoms with E-state index in [0.717, 1.165) is 0 Å². The molecule has 1 N–H and O–H groups in total. The Hall–Kier alpha value is -3.42. The van der Waals surface area contributed by atoms with Gasteiger partial charge in [-0.1, -0.05) is 24.3 Å². The highest BCUT2D eigenvalue weighted by atomic mass is 19.1. The second kappa shape index (κ2) is 7.86. The molecule has 7 nitrogen and oxygen atoms in total. The molecule has 0 saturated heterocycles. The van der Waals surface area contributed by atoms with Crippen LogP contribution in [0.2, 0.25) is 0 Å². The van der Waals surface area contributed by atoms with Crippen LogP contribution in [0.3, 0.4) is 0 Å². The number of fused-ring (bicyclic) bond motifs is 1. The number of carbonyl (C=O) groups is 2. The molecule has 0 saturated carbocycles. The molecule has 8 heteroatoms. The van der Waals surface area contributed by atoms with Crippen LogP contribution in [0.25, 0.3) is 10.9 Å². The molecular weight excluding hydrogens is 353 g/mol. The van der Waals surface area contributed by atoms with Crippen molar-refractivity contribution in [2.24, 2.45) is 0 Å². The molecule has 0 aliphatic heterocycles. The van der Waals surface area contributed by atoms with E-state index in [0.29, 0.717) is 16.5 Å². The van der Waals surface area contributed by atoms with Gasteiger partial charge in [-0.2, -0.15) is 5.10 Å². The molecule has 0 aliphatic rings. The van der Waals surface area contributed by atoms with E-state index in [9.17, 15) is 14.0 Å². The summed E-state index contributed by atoms with van der Waals surface area (Å²) >= 11 is 0. The Morgan fingerprint density at radius 1 is 1.22 bits per heavy atom. The third kappa shape index (κ3) is 4.05. The fraction of sp³-hybridized carbons (Fsp3) is 0.211. The predicted octanol–water partition coefficient (Wildman–Crippen LogP) is 2.53. The van der Waals surface area contributed by atoms with Gasteiger partial charge in [0, 0.05) is 19.0 Å². The van der Waals surface area contributed by atoms with E-state index in [-0.39, 0.29) is 18.0 Å². The van der Waals surface area contributed by atoms with Crippen LogP contribution < -0.4 is 4.74 Å². The summed E-state index contributed by atoms with van der Waals surface area (Å²) in [5, 5.41) is 7.29. The molecule has 27 heavy (non-hydrogen) atoms. The lowest BCUT2D eigenvalue weighted by molar-refractivity contribution is -0.133.